The van der Waals surface area contributed by atoms with Crippen LogP contribution in [0.25, 0.3) is 34.0 Å². The Bertz CT molecular complexity index is 1790. The summed E-state index contributed by atoms with van der Waals surface area (Å²) in [6.07, 6.45) is 5.76. The molecule has 2 heterocycles. The Kier molecular flexibility index (Phi) is 5.67. The Balaban J connectivity index is 1.23. The number of carbonyl (C=O) groups is 2. The minimum atomic E-state index is -0.232. The summed E-state index contributed by atoms with van der Waals surface area (Å²) in [6, 6.07) is 29.9. The van der Waals surface area contributed by atoms with Crippen molar-refractivity contribution in [2.24, 2.45) is 0 Å². The lowest BCUT2D eigenvalue weighted by Crippen LogP contribution is -2.12. The Labute approximate surface area is 212 Å². The Morgan fingerprint density at radius 1 is 0.730 bits per heavy atom. The lowest BCUT2D eigenvalue weighted by Gasteiger charge is -2.08. The Morgan fingerprint density at radius 2 is 1.57 bits per heavy atom. The first-order chi connectivity index (χ1) is 18.2. The highest BCUT2D eigenvalue weighted by Crippen LogP contribution is 2.23. The van der Waals surface area contributed by atoms with Gasteiger partial charge in [-0.2, -0.15) is 5.10 Å². The van der Waals surface area contributed by atoms with Crippen LogP contribution < -0.4 is 5.32 Å². The number of nitrogens with zero attached hydrogens (tertiary/aromatic N) is 1. The molecule has 6 aromatic rings. The first-order valence-electron chi connectivity index (χ1n) is 11.9. The van der Waals surface area contributed by atoms with Gasteiger partial charge in [0.1, 0.15) is 0 Å². The fourth-order valence-electron chi connectivity index (χ4n) is 4.44. The number of hydrogen-bond donors (Lipinski definition) is 3. The summed E-state index contributed by atoms with van der Waals surface area (Å²) in [5.74, 6) is -0.369. The first-order valence-corrected chi connectivity index (χ1v) is 11.9. The highest BCUT2D eigenvalue weighted by atomic mass is 16.1. The van der Waals surface area contributed by atoms with E-state index in [1.54, 1.807) is 42.6 Å². The summed E-state index contributed by atoms with van der Waals surface area (Å²) in [6.45, 7) is 0. The molecule has 2 aromatic heterocycles. The van der Waals surface area contributed by atoms with Crippen LogP contribution in [-0.2, 0) is 0 Å². The smallest absolute Gasteiger partial charge is 0.256 e. The van der Waals surface area contributed by atoms with Crippen LogP contribution in [0.3, 0.4) is 0 Å². The molecule has 6 nitrogen and oxygen atoms in total. The zero-order valence-electron chi connectivity index (χ0n) is 19.7. The predicted molar refractivity (Wildman–Crippen MR) is 148 cm³/mol. The normalized spacial score (nSPS) is 11.4. The molecule has 0 aliphatic rings. The minimum Gasteiger partial charge on any atom is -0.361 e. The molecule has 0 fully saturated rings. The van der Waals surface area contributed by atoms with Crippen molar-refractivity contribution < 1.29 is 9.59 Å². The third-order valence-electron chi connectivity index (χ3n) is 6.31. The number of carbonyl (C=O) groups excluding carboxylic acids is 2. The van der Waals surface area contributed by atoms with Gasteiger partial charge in [-0.3, -0.25) is 14.7 Å². The standard InChI is InChI=1S/C31H22N4O2/c36-30(22-13-14-26-28(34-35-29(26)19-22)15-12-20-6-2-1-3-7-20)21-8-4-9-23(18-21)33-31(37)25-10-5-11-27-24(25)16-17-32-27/h1-19,32H,(H,33,37)(H,34,35)/b15-12+. The number of fused-ring (bicyclic) bond motifs is 2. The van der Waals surface area contributed by atoms with Gasteiger partial charge in [-0.15, -0.1) is 0 Å². The highest BCUT2D eigenvalue weighted by molar-refractivity contribution is 6.14. The van der Waals surface area contributed by atoms with Crippen LogP contribution in [0.5, 0.6) is 0 Å². The van der Waals surface area contributed by atoms with E-state index in [0.29, 0.717) is 22.4 Å². The summed E-state index contributed by atoms with van der Waals surface area (Å²) < 4.78 is 0. The fraction of sp³-hybridized carbons (Fsp3) is 0. The second-order valence-electron chi connectivity index (χ2n) is 8.72. The zero-order chi connectivity index (χ0) is 25.2. The van der Waals surface area contributed by atoms with Gasteiger partial charge in [0.2, 0.25) is 0 Å². The molecule has 0 bridgehead atoms. The van der Waals surface area contributed by atoms with E-state index in [1.165, 1.54) is 0 Å². The third kappa shape index (κ3) is 4.44. The quantitative estimate of drug-likeness (QED) is 0.231. The van der Waals surface area contributed by atoms with Crippen molar-refractivity contribution in [3.05, 3.63) is 131 Å². The maximum atomic E-state index is 13.3. The van der Waals surface area contributed by atoms with Gasteiger partial charge in [-0.25, -0.2) is 0 Å². The second-order valence-corrected chi connectivity index (χ2v) is 8.72. The third-order valence-corrected chi connectivity index (χ3v) is 6.31. The van der Waals surface area contributed by atoms with Gasteiger partial charge >= 0.3 is 0 Å². The summed E-state index contributed by atoms with van der Waals surface area (Å²) in [7, 11) is 0. The van der Waals surface area contributed by atoms with E-state index in [9.17, 15) is 9.59 Å². The van der Waals surface area contributed by atoms with E-state index in [2.05, 4.69) is 20.5 Å². The highest BCUT2D eigenvalue weighted by Gasteiger charge is 2.15. The molecule has 0 saturated carbocycles. The zero-order valence-corrected chi connectivity index (χ0v) is 19.7. The molecule has 0 aliphatic carbocycles. The van der Waals surface area contributed by atoms with Crippen LogP contribution in [0.4, 0.5) is 5.69 Å². The molecule has 0 atom stereocenters. The average Bonchev–Trinajstić information content (AvgIpc) is 3.59. The summed E-state index contributed by atoms with van der Waals surface area (Å²) in [4.78, 5) is 29.3. The van der Waals surface area contributed by atoms with Crippen LogP contribution in [0.1, 0.15) is 37.5 Å². The van der Waals surface area contributed by atoms with Gasteiger partial charge in [0.05, 0.1) is 11.2 Å². The molecular formula is C31H22N4O2. The molecule has 0 spiro atoms. The van der Waals surface area contributed by atoms with Crippen molar-refractivity contribution in [2.45, 2.75) is 0 Å². The molecule has 0 saturated heterocycles. The van der Waals surface area contributed by atoms with Crippen LogP contribution in [0.15, 0.2) is 103 Å². The monoisotopic (exact) mass is 482 g/mol. The van der Waals surface area contributed by atoms with E-state index < -0.39 is 0 Å². The number of aromatic nitrogens is 3. The summed E-state index contributed by atoms with van der Waals surface area (Å²) >= 11 is 0. The van der Waals surface area contributed by atoms with Crippen molar-refractivity contribution in [3.8, 4) is 0 Å². The molecule has 3 N–H and O–H groups in total. The lowest BCUT2D eigenvalue weighted by molar-refractivity contribution is 0.102. The summed E-state index contributed by atoms with van der Waals surface area (Å²) in [5, 5.41) is 12.1. The molecular weight excluding hydrogens is 460 g/mol. The van der Waals surface area contributed by atoms with Crippen molar-refractivity contribution in [1.82, 2.24) is 15.2 Å². The Hall–Kier alpha value is -5.23. The molecule has 4 aromatic carbocycles. The molecule has 37 heavy (non-hydrogen) atoms. The van der Waals surface area contributed by atoms with Gasteiger partial charge in [-0.05, 0) is 54.1 Å². The van der Waals surface area contributed by atoms with Gasteiger partial charge in [0, 0.05) is 44.9 Å². The number of anilines is 1. The van der Waals surface area contributed by atoms with Gasteiger partial charge in [0.15, 0.2) is 5.78 Å². The lowest BCUT2D eigenvalue weighted by atomic mass is 10.0. The molecule has 6 heteroatoms. The van der Waals surface area contributed by atoms with Crippen molar-refractivity contribution >= 4 is 51.3 Å². The number of hydrogen-bond acceptors (Lipinski definition) is 3. The topological polar surface area (TPSA) is 90.6 Å². The van der Waals surface area contributed by atoms with E-state index in [-0.39, 0.29) is 11.7 Å². The maximum absolute atomic E-state index is 13.3. The molecule has 0 unspecified atom stereocenters. The number of amides is 1. The molecule has 0 aliphatic heterocycles. The van der Waals surface area contributed by atoms with Crippen molar-refractivity contribution in [2.75, 3.05) is 5.32 Å². The maximum Gasteiger partial charge on any atom is 0.256 e. The number of rotatable bonds is 6. The number of ketones is 1. The van der Waals surface area contributed by atoms with Gasteiger partial charge < -0.3 is 10.3 Å². The van der Waals surface area contributed by atoms with Crippen LogP contribution in [0, 0.1) is 0 Å². The first kappa shape index (κ1) is 22.2. The Morgan fingerprint density at radius 3 is 2.46 bits per heavy atom. The van der Waals surface area contributed by atoms with E-state index >= 15 is 0 Å². The van der Waals surface area contributed by atoms with Crippen LogP contribution >= 0.6 is 0 Å². The van der Waals surface area contributed by atoms with E-state index in [1.807, 2.05) is 72.8 Å². The number of H-pyrrole nitrogens is 2. The largest absolute Gasteiger partial charge is 0.361 e. The number of benzene rings is 4. The van der Waals surface area contributed by atoms with Crippen LogP contribution in [-0.4, -0.2) is 26.9 Å². The molecule has 0 radical (unpaired) electrons. The minimum absolute atomic E-state index is 0.137. The van der Waals surface area contributed by atoms with Crippen molar-refractivity contribution in [3.63, 3.8) is 0 Å². The fourth-order valence-corrected chi connectivity index (χ4v) is 4.44. The van der Waals surface area contributed by atoms with Crippen LogP contribution in [0.2, 0.25) is 0 Å². The predicted octanol–water partition coefficient (Wildman–Crippen LogP) is 6.70. The van der Waals surface area contributed by atoms with E-state index in [4.69, 9.17) is 0 Å². The molecule has 1 amide bonds. The van der Waals surface area contributed by atoms with Crippen molar-refractivity contribution in [1.29, 1.82) is 0 Å². The second kappa shape index (κ2) is 9.43. The summed E-state index contributed by atoms with van der Waals surface area (Å²) in [5.41, 5.74) is 5.71. The number of nitrogens with one attached hydrogen (secondary N) is 3. The average molecular weight is 483 g/mol. The SMILES string of the molecule is O=C(c1cccc(NC(=O)c2cccc3[nH]ccc23)c1)c1ccc2c(/C=C/c3ccccc3)n[nH]c2c1. The van der Waals surface area contributed by atoms with Gasteiger partial charge in [-0.1, -0.05) is 60.7 Å². The van der Waals surface area contributed by atoms with E-state index in [0.717, 1.165) is 33.1 Å². The van der Waals surface area contributed by atoms with Gasteiger partial charge in [0.25, 0.3) is 5.91 Å². The molecule has 6 rings (SSSR count). The molecule has 178 valence electrons. The number of aromatic amines is 2.